The number of rotatable bonds is 8. The molecule has 8 nitrogen and oxygen atoms in total. The van der Waals surface area contributed by atoms with Gasteiger partial charge in [-0.05, 0) is 53.1 Å². The molecule has 8 heteroatoms. The molecule has 1 N–H and O–H groups in total. The Labute approximate surface area is 198 Å². The van der Waals surface area contributed by atoms with Gasteiger partial charge in [0.15, 0.2) is 23.0 Å². The predicted octanol–water partition coefficient (Wildman–Crippen LogP) is 4.58. The fraction of sp³-hybridized carbons (Fsp3) is 0.269. The van der Waals surface area contributed by atoms with Gasteiger partial charge in [0.2, 0.25) is 0 Å². The van der Waals surface area contributed by atoms with E-state index >= 15 is 0 Å². The summed E-state index contributed by atoms with van der Waals surface area (Å²) in [6, 6.07) is 15.2. The number of hydrogen-bond acceptors (Lipinski definition) is 8. The van der Waals surface area contributed by atoms with Crippen LogP contribution in [0.15, 0.2) is 65.4 Å². The van der Waals surface area contributed by atoms with Crippen molar-refractivity contribution >= 4 is 5.71 Å². The van der Waals surface area contributed by atoms with Crippen molar-refractivity contribution < 1.29 is 24.2 Å². The number of oxime groups is 1. The molecule has 3 atom stereocenters. The normalized spacial score (nSPS) is 17.6. The number of hydrogen-bond donors (Lipinski definition) is 1. The average molecular weight is 460 g/mol. The largest absolute Gasteiger partial charge is 0.493 e. The summed E-state index contributed by atoms with van der Waals surface area (Å²) in [5.41, 5.74) is 2.27. The van der Waals surface area contributed by atoms with E-state index in [0.717, 1.165) is 0 Å². The van der Waals surface area contributed by atoms with Crippen molar-refractivity contribution in [3.05, 3.63) is 71.3 Å². The van der Waals surface area contributed by atoms with E-state index in [0.29, 0.717) is 39.7 Å². The van der Waals surface area contributed by atoms with Gasteiger partial charge in [-0.2, -0.15) is 10.5 Å². The molecule has 174 valence electrons. The summed E-state index contributed by atoms with van der Waals surface area (Å²) in [7, 11) is 6.13. The molecule has 0 spiro atoms. The molecule has 0 heterocycles. The highest BCUT2D eigenvalue weighted by atomic mass is 16.5. The number of nitrogens with zero attached hydrogens (tertiary/aromatic N) is 3. The van der Waals surface area contributed by atoms with Crippen molar-refractivity contribution in [1.82, 2.24) is 0 Å². The first-order valence-corrected chi connectivity index (χ1v) is 10.4. The van der Waals surface area contributed by atoms with Crippen molar-refractivity contribution in [1.29, 1.82) is 10.5 Å². The summed E-state index contributed by atoms with van der Waals surface area (Å²) in [4.78, 5) is 0. The first kappa shape index (κ1) is 24.2. The van der Waals surface area contributed by atoms with E-state index in [2.05, 4.69) is 17.3 Å². The molecule has 0 saturated heterocycles. The van der Waals surface area contributed by atoms with E-state index < -0.39 is 17.8 Å². The van der Waals surface area contributed by atoms with Crippen molar-refractivity contribution in [2.24, 2.45) is 11.1 Å². The third-order valence-electron chi connectivity index (χ3n) is 5.76. The quantitative estimate of drug-likeness (QED) is 0.454. The van der Waals surface area contributed by atoms with Gasteiger partial charge in [-0.15, -0.1) is 0 Å². The second kappa shape index (κ2) is 10.9. The van der Waals surface area contributed by atoms with Gasteiger partial charge < -0.3 is 24.2 Å². The zero-order chi connectivity index (χ0) is 24.7. The van der Waals surface area contributed by atoms with E-state index in [-0.39, 0.29) is 5.71 Å². The maximum absolute atomic E-state index is 10.2. The van der Waals surface area contributed by atoms with Gasteiger partial charge in [0.1, 0.15) is 5.71 Å². The maximum Gasteiger partial charge on any atom is 0.161 e. The molecule has 3 rings (SSSR count). The van der Waals surface area contributed by atoms with E-state index in [9.17, 15) is 15.7 Å². The molecule has 1 aliphatic rings. The van der Waals surface area contributed by atoms with Crippen LogP contribution in [-0.2, 0) is 0 Å². The van der Waals surface area contributed by atoms with Crippen LogP contribution < -0.4 is 18.9 Å². The van der Waals surface area contributed by atoms with Crippen molar-refractivity contribution in [3.63, 3.8) is 0 Å². The fourth-order valence-electron chi connectivity index (χ4n) is 4.05. The minimum absolute atomic E-state index is 0.288. The number of nitriles is 2. The Morgan fingerprint density at radius 1 is 0.824 bits per heavy atom. The Balaban J connectivity index is 2.11. The molecule has 1 aliphatic carbocycles. The van der Waals surface area contributed by atoms with Crippen LogP contribution in [-0.4, -0.2) is 39.4 Å². The number of benzene rings is 2. The Bertz CT molecular complexity index is 1220. The molecule has 0 aromatic heterocycles. The van der Waals surface area contributed by atoms with Crippen LogP contribution >= 0.6 is 0 Å². The first-order valence-electron chi connectivity index (χ1n) is 10.4. The molecule has 0 fully saturated rings. The lowest BCUT2D eigenvalue weighted by molar-refractivity contribution is 0.320. The molecular weight excluding hydrogens is 434 g/mol. The third-order valence-corrected chi connectivity index (χ3v) is 5.76. The molecule has 0 radical (unpaired) electrons. The summed E-state index contributed by atoms with van der Waals surface area (Å²) in [5, 5.41) is 33.0. The van der Waals surface area contributed by atoms with Crippen LogP contribution in [0.4, 0.5) is 0 Å². The molecule has 34 heavy (non-hydrogen) atoms. The van der Waals surface area contributed by atoms with Gasteiger partial charge in [-0.3, -0.25) is 0 Å². The summed E-state index contributed by atoms with van der Waals surface area (Å²) in [6.07, 6.45) is 5.04. The topological polar surface area (TPSA) is 117 Å². The highest BCUT2D eigenvalue weighted by molar-refractivity contribution is 6.05. The van der Waals surface area contributed by atoms with E-state index in [1.807, 2.05) is 0 Å². The lowest BCUT2D eigenvalue weighted by atomic mass is 9.73. The van der Waals surface area contributed by atoms with Gasteiger partial charge in [-0.25, -0.2) is 0 Å². The standard InChI is InChI=1S/C26H25N3O5/c1-31-23-9-5-16(11-25(23)33-3)21(14-27)19-8-7-18(29-30)13-20(19)22(15-28)17-6-10-24(32-2)26(12-17)34-4/h5-13,19,21-22,30H,1-4H3/b29-18-. The van der Waals surface area contributed by atoms with Crippen LogP contribution in [0.5, 0.6) is 23.0 Å². The average Bonchev–Trinajstić information content (AvgIpc) is 2.89. The fourth-order valence-corrected chi connectivity index (χ4v) is 4.05. The summed E-state index contributed by atoms with van der Waals surface area (Å²) >= 11 is 0. The molecule has 0 bridgehead atoms. The summed E-state index contributed by atoms with van der Waals surface area (Å²) < 4.78 is 21.4. The van der Waals surface area contributed by atoms with E-state index in [4.69, 9.17) is 18.9 Å². The number of allylic oxidation sites excluding steroid dienone is 4. The number of methoxy groups -OCH3 is 4. The summed E-state index contributed by atoms with van der Waals surface area (Å²) in [6.45, 7) is 0. The van der Waals surface area contributed by atoms with Gasteiger partial charge in [0, 0.05) is 5.92 Å². The van der Waals surface area contributed by atoms with Crippen LogP contribution in [0, 0.1) is 28.6 Å². The van der Waals surface area contributed by atoms with Crippen LogP contribution in [0.1, 0.15) is 23.0 Å². The second-order valence-electron chi connectivity index (χ2n) is 7.45. The van der Waals surface area contributed by atoms with Crippen LogP contribution in [0.2, 0.25) is 0 Å². The van der Waals surface area contributed by atoms with Gasteiger partial charge in [0.05, 0.1) is 52.4 Å². The maximum atomic E-state index is 10.2. The van der Waals surface area contributed by atoms with Gasteiger partial charge in [-0.1, -0.05) is 23.4 Å². The molecule has 0 amide bonds. The molecule has 0 aliphatic heterocycles. The second-order valence-corrected chi connectivity index (χ2v) is 7.45. The summed E-state index contributed by atoms with van der Waals surface area (Å²) in [5.74, 6) is 0.228. The van der Waals surface area contributed by atoms with Crippen molar-refractivity contribution in [3.8, 4) is 35.1 Å². The number of ether oxygens (including phenoxy) is 4. The smallest absolute Gasteiger partial charge is 0.161 e. The Morgan fingerprint density at radius 3 is 1.88 bits per heavy atom. The van der Waals surface area contributed by atoms with E-state index in [1.165, 1.54) is 21.3 Å². The van der Waals surface area contributed by atoms with Crippen LogP contribution in [0.3, 0.4) is 0 Å². The van der Waals surface area contributed by atoms with Gasteiger partial charge >= 0.3 is 0 Å². The zero-order valence-corrected chi connectivity index (χ0v) is 19.4. The minimum Gasteiger partial charge on any atom is -0.493 e. The molecular formula is C26H25N3O5. The van der Waals surface area contributed by atoms with Gasteiger partial charge in [0.25, 0.3) is 0 Å². The third kappa shape index (κ3) is 4.67. The van der Waals surface area contributed by atoms with Crippen molar-refractivity contribution in [2.75, 3.05) is 28.4 Å². The van der Waals surface area contributed by atoms with Crippen molar-refractivity contribution in [2.45, 2.75) is 11.8 Å². The lowest BCUT2D eigenvalue weighted by Gasteiger charge is -2.28. The highest BCUT2D eigenvalue weighted by Crippen LogP contribution is 2.43. The highest BCUT2D eigenvalue weighted by Gasteiger charge is 2.33. The molecule has 3 unspecified atom stereocenters. The monoisotopic (exact) mass is 459 g/mol. The minimum atomic E-state index is -0.734. The van der Waals surface area contributed by atoms with E-state index in [1.54, 1.807) is 61.7 Å². The lowest BCUT2D eigenvalue weighted by Crippen LogP contribution is -2.21. The first-order chi connectivity index (χ1) is 16.5. The molecule has 2 aromatic rings. The Morgan fingerprint density at radius 2 is 1.38 bits per heavy atom. The SMILES string of the molecule is COc1ccc(C(C#N)C2=C/C(=N\O)C=CC2C(C#N)c2ccc(OC)c(OC)c2)cc1OC. The Kier molecular flexibility index (Phi) is 7.79. The zero-order valence-electron chi connectivity index (χ0n) is 19.4. The Hall–Kier alpha value is -4.43. The van der Waals surface area contributed by atoms with Crippen LogP contribution in [0.25, 0.3) is 0 Å². The predicted molar refractivity (Wildman–Crippen MR) is 126 cm³/mol. The molecule has 2 aromatic carbocycles. The molecule has 0 saturated carbocycles.